The van der Waals surface area contributed by atoms with Gasteiger partial charge in [-0.15, -0.1) is 11.3 Å². The van der Waals surface area contributed by atoms with Crippen LogP contribution in [0.15, 0.2) is 46.7 Å². The van der Waals surface area contributed by atoms with Gasteiger partial charge in [-0.1, -0.05) is 40.9 Å². The second kappa shape index (κ2) is 10.6. The van der Waals surface area contributed by atoms with E-state index < -0.39 is 27.6 Å². The maximum absolute atomic E-state index is 14.7. The molecule has 5 rings (SSSR count). The number of carbonyl (C=O) groups excluding carboxylic acids is 1. The molecule has 2 heterocycles. The van der Waals surface area contributed by atoms with Crippen molar-refractivity contribution in [1.29, 1.82) is 0 Å². The van der Waals surface area contributed by atoms with Gasteiger partial charge in [-0.25, -0.2) is 21.9 Å². The van der Waals surface area contributed by atoms with Crippen molar-refractivity contribution >= 4 is 79.0 Å². The molecule has 4 aromatic rings. The summed E-state index contributed by atoms with van der Waals surface area (Å²) in [5, 5.41) is 1.05. The van der Waals surface area contributed by atoms with Crippen LogP contribution in [0.4, 0.5) is 8.78 Å². The summed E-state index contributed by atoms with van der Waals surface area (Å²) in [6.45, 7) is 0.317. The Labute approximate surface area is 236 Å². The van der Waals surface area contributed by atoms with Crippen LogP contribution in [-0.2, 0) is 34.2 Å². The first kappa shape index (κ1) is 27.1. The molecule has 38 heavy (non-hydrogen) atoms. The predicted octanol–water partition coefficient (Wildman–Crippen LogP) is 7.39. The average Bonchev–Trinajstić information content (AvgIpc) is 3.36. The normalized spacial score (nSPS) is 13.8. The molecule has 0 unspecified atom stereocenters. The highest BCUT2D eigenvalue weighted by atomic mass is 35.5. The molecule has 198 valence electrons. The van der Waals surface area contributed by atoms with Crippen LogP contribution in [-0.4, -0.2) is 18.9 Å². The van der Waals surface area contributed by atoms with E-state index in [-0.39, 0.29) is 18.6 Å². The molecular weight excluding hydrogens is 597 g/mol. The highest BCUT2D eigenvalue weighted by molar-refractivity contribution is 7.92. The standard InChI is InChI=1S/C26H19Cl3F2N2O3S2/c27-20-11-16(30)7-5-15(20)13-33-22-4-2-1-3-18(22)19-10-17(31)9-14(25(19)33)6-8-23(34)32-38(35,36)24-12-21(28)26(29)37-24/h5-12H,1-4,13H2,(H,32,34)/b8-6+. The molecule has 1 amide bonds. The summed E-state index contributed by atoms with van der Waals surface area (Å²) >= 11 is 18.7. The fourth-order valence-electron chi connectivity index (χ4n) is 4.73. The number of nitrogens with one attached hydrogen (secondary N) is 1. The SMILES string of the molecule is O=C(/C=C/c1cc(F)cc2c3c(n(Cc4ccc(F)cc4Cl)c12)CCCC3)NS(=O)(=O)c1cc(Cl)c(Cl)s1. The fourth-order valence-corrected chi connectivity index (χ4v) is 7.78. The van der Waals surface area contributed by atoms with Crippen molar-refractivity contribution < 1.29 is 22.0 Å². The Morgan fingerprint density at radius 3 is 2.50 bits per heavy atom. The monoisotopic (exact) mass is 614 g/mol. The second-order valence-corrected chi connectivity index (χ2v) is 13.2. The van der Waals surface area contributed by atoms with Gasteiger partial charge in [0.15, 0.2) is 0 Å². The van der Waals surface area contributed by atoms with E-state index in [2.05, 4.69) is 0 Å². The Kier molecular flexibility index (Phi) is 7.59. The van der Waals surface area contributed by atoms with Crippen molar-refractivity contribution in [3.05, 3.63) is 90.9 Å². The number of halogens is 5. The summed E-state index contributed by atoms with van der Waals surface area (Å²) in [5.74, 6) is -1.86. The van der Waals surface area contributed by atoms with E-state index in [0.29, 0.717) is 28.6 Å². The van der Waals surface area contributed by atoms with E-state index in [1.165, 1.54) is 30.3 Å². The number of benzene rings is 2. The van der Waals surface area contributed by atoms with Crippen molar-refractivity contribution in [1.82, 2.24) is 9.29 Å². The molecule has 0 saturated heterocycles. The Morgan fingerprint density at radius 1 is 1.03 bits per heavy atom. The lowest BCUT2D eigenvalue weighted by Gasteiger charge is -2.17. The maximum Gasteiger partial charge on any atom is 0.273 e. The molecule has 2 aromatic heterocycles. The van der Waals surface area contributed by atoms with Crippen LogP contribution in [0.3, 0.4) is 0 Å². The third kappa shape index (κ3) is 5.35. The fraction of sp³-hybridized carbons (Fsp3) is 0.192. The molecular formula is C26H19Cl3F2N2O3S2. The van der Waals surface area contributed by atoms with Crippen LogP contribution in [0, 0.1) is 11.6 Å². The lowest BCUT2D eigenvalue weighted by atomic mass is 9.95. The van der Waals surface area contributed by atoms with Gasteiger partial charge in [-0.3, -0.25) is 4.79 Å². The number of thiophene rings is 1. The van der Waals surface area contributed by atoms with E-state index >= 15 is 0 Å². The Bertz CT molecular complexity index is 1710. The minimum atomic E-state index is -4.20. The molecule has 0 bridgehead atoms. The van der Waals surface area contributed by atoms with Gasteiger partial charge in [0.1, 0.15) is 20.2 Å². The number of carbonyl (C=O) groups is 1. The summed E-state index contributed by atoms with van der Waals surface area (Å²) < 4.78 is 57.3. The Morgan fingerprint density at radius 2 is 1.79 bits per heavy atom. The number of rotatable bonds is 6. The van der Waals surface area contributed by atoms with Gasteiger partial charge in [0.05, 0.1) is 10.5 Å². The number of aryl methyl sites for hydroxylation is 1. The van der Waals surface area contributed by atoms with E-state index in [1.54, 1.807) is 6.07 Å². The van der Waals surface area contributed by atoms with Gasteiger partial charge < -0.3 is 4.57 Å². The zero-order chi connectivity index (χ0) is 27.2. The van der Waals surface area contributed by atoms with E-state index in [4.69, 9.17) is 34.8 Å². The molecule has 0 saturated carbocycles. The van der Waals surface area contributed by atoms with Crippen LogP contribution in [0.2, 0.25) is 14.4 Å². The number of hydrogen-bond donors (Lipinski definition) is 1. The third-order valence-electron chi connectivity index (χ3n) is 6.34. The number of amides is 1. The molecule has 0 spiro atoms. The number of hydrogen-bond acceptors (Lipinski definition) is 4. The zero-order valence-corrected chi connectivity index (χ0v) is 23.4. The molecule has 1 aliphatic carbocycles. The second-order valence-electron chi connectivity index (χ2n) is 8.84. The number of aromatic nitrogens is 1. The summed E-state index contributed by atoms with van der Waals surface area (Å²) in [6, 6.07) is 8.09. The Hall–Kier alpha value is -2.43. The first-order chi connectivity index (χ1) is 18.0. The minimum Gasteiger partial charge on any atom is -0.339 e. The maximum atomic E-state index is 14.7. The predicted molar refractivity (Wildman–Crippen MR) is 148 cm³/mol. The van der Waals surface area contributed by atoms with Crippen molar-refractivity contribution in [2.75, 3.05) is 0 Å². The number of nitrogens with zero attached hydrogens (tertiary/aromatic N) is 1. The summed E-state index contributed by atoms with van der Waals surface area (Å²) in [5.41, 5.74) is 3.82. The van der Waals surface area contributed by atoms with Crippen molar-refractivity contribution in [2.45, 2.75) is 36.4 Å². The van der Waals surface area contributed by atoms with E-state index in [1.807, 2.05) is 9.29 Å². The number of sulfonamides is 1. The van der Waals surface area contributed by atoms with Crippen LogP contribution >= 0.6 is 46.1 Å². The van der Waals surface area contributed by atoms with Crippen LogP contribution < -0.4 is 4.72 Å². The van der Waals surface area contributed by atoms with Crippen LogP contribution in [0.5, 0.6) is 0 Å². The zero-order valence-electron chi connectivity index (χ0n) is 19.5. The highest BCUT2D eigenvalue weighted by Gasteiger charge is 2.24. The molecule has 0 atom stereocenters. The van der Waals surface area contributed by atoms with Crippen LogP contribution in [0.25, 0.3) is 17.0 Å². The molecule has 2 aromatic carbocycles. The first-order valence-corrected chi connectivity index (χ1v) is 14.9. The number of fused-ring (bicyclic) bond motifs is 3. The molecule has 0 radical (unpaired) electrons. The van der Waals surface area contributed by atoms with Gasteiger partial charge in [-0.2, -0.15) is 0 Å². The molecule has 5 nitrogen and oxygen atoms in total. The van der Waals surface area contributed by atoms with Crippen molar-refractivity contribution in [3.63, 3.8) is 0 Å². The molecule has 0 fully saturated rings. The Balaban J connectivity index is 1.55. The molecule has 12 heteroatoms. The molecule has 1 N–H and O–H groups in total. The van der Waals surface area contributed by atoms with Gasteiger partial charge in [0, 0.05) is 34.3 Å². The average molecular weight is 616 g/mol. The summed E-state index contributed by atoms with van der Waals surface area (Å²) in [4.78, 5) is 12.6. The highest BCUT2D eigenvalue weighted by Crippen LogP contribution is 2.37. The topological polar surface area (TPSA) is 68.2 Å². The lowest BCUT2D eigenvalue weighted by Crippen LogP contribution is -2.28. The quantitative estimate of drug-likeness (QED) is 0.230. The van der Waals surface area contributed by atoms with Crippen molar-refractivity contribution in [2.24, 2.45) is 0 Å². The minimum absolute atomic E-state index is 0.0631. The van der Waals surface area contributed by atoms with E-state index in [9.17, 15) is 22.0 Å². The summed E-state index contributed by atoms with van der Waals surface area (Å²) in [7, 11) is -4.20. The van der Waals surface area contributed by atoms with Gasteiger partial charge >= 0.3 is 0 Å². The van der Waals surface area contributed by atoms with E-state index in [0.717, 1.165) is 60.4 Å². The third-order valence-corrected chi connectivity index (χ3v) is 10.4. The first-order valence-electron chi connectivity index (χ1n) is 11.5. The van der Waals surface area contributed by atoms with Gasteiger partial charge in [0.2, 0.25) is 0 Å². The smallest absolute Gasteiger partial charge is 0.273 e. The van der Waals surface area contributed by atoms with Crippen molar-refractivity contribution in [3.8, 4) is 0 Å². The molecule has 0 aliphatic heterocycles. The lowest BCUT2D eigenvalue weighted by molar-refractivity contribution is -0.114. The largest absolute Gasteiger partial charge is 0.339 e. The molecule has 1 aliphatic rings. The summed E-state index contributed by atoms with van der Waals surface area (Å²) in [6.07, 6.45) is 5.88. The van der Waals surface area contributed by atoms with Gasteiger partial charge in [-0.05, 0) is 73.2 Å². The van der Waals surface area contributed by atoms with Gasteiger partial charge in [0.25, 0.3) is 15.9 Å². The van der Waals surface area contributed by atoms with Crippen LogP contribution in [0.1, 0.15) is 35.2 Å².